The first-order valence-corrected chi connectivity index (χ1v) is 6.96. The standard InChI is InChI=1S/C15H25N3O/c1-14(2,3)13(19)17-8-7-12-11(10-17)9-16-18(12)15(4,5)6/h9H,7-8,10H2,1-6H3. The Balaban J connectivity index is 2.23. The van der Waals surface area contributed by atoms with Gasteiger partial charge in [-0.05, 0) is 20.8 Å². The average molecular weight is 263 g/mol. The molecule has 0 radical (unpaired) electrons. The molecule has 106 valence electrons. The summed E-state index contributed by atoms with van der Waals surface area (Å²) in [6, 6.07) is 0. The molecule has 1 aromatic rings. The lowest BCUT2D eigenvalue weighted by atomic mass is 9.93. The van der Waals surface area contributed by atoms with Crippen LogP contribution in [0.3, 0.4) is 0 Å². The Morgan fingerprint density at radius 3 is 2.37 bits per heavy atom. The highest BCUT2D eigenvalue weighted by atomic mass is 16.2. The van der Waals surface area contributed by atoms with Crippen LogP contribution in [0.1, 0.15) is 52.8 Å². The van der Waals surface area contributed by atoms with Crippen molar-refractivity contribution in [1.82, 2.24) is 14.7 Å². The number of carbonyl (C=O) groups is 1. The van der Waals surface area contributed by atoms with E-state index in [-0.39, 0.29) is 16.9 Å². The zero-order chi connectivity index (χ0) is 14.4. The summed E-state index contributed by atoms with van der Waals surface area (Å²) in [6.07, 6.45) is 2.82. The van der Waals surface area contributed by atoms with Crippen molar-refractivity contribution in [3.8, 4) is 0 Å². The largest absolute Gasteiger partial charge is 0.337 e. The predicted molar refractivity (Wildman–Crippen MR) is 75.8 cm³/mol. The van der Waals surface area contributed by atoms with Crippen LogP contribution < -0.4 is 0 Å². The van der Waals surface area contributed by atoms with Gasteiger partial charge in [0.2, 0.25) is 5.91 Å². The lowest BCUT2D eigenvalue weighted by Gasteiger charge is -2.33. The highest BCUT2D eigenvalue weighted by molar-refractivity contribution is 5.81. The fourth-order valence-electron chi connectivity index (χ4n) is 2.56. The van der Waals surface area contributed by atoms with Crippen LogP contribution in [-0.4, -0.2) is 27.1 Å². The normalized spacial score (nSPS) is 16.4. The van der Waals surface area contributed by atoms with Crippen molar-refractivity contribution in [3.05, 3.63) is 17.5 Å². The smallest absolute Gasteiger partial charge is 0.228 e. The zero-order valence-electron chi connectivity index (χ0n) is 12.9. The molecule has 4 heteroatoms. The predicted octanol–water partition coefficient (Wildman–Crippen LogP) is 2.57. The van der Waals surface area contributed by atoms with Gasteiger partial charge in [0.05, 0.1) is 11.7 Å². The van der Waals surface area contributed by atoms with E-state index in [0.717, 1.165) is 13.0 Å². The second-order valence-electron chi connectivity index (χ2n) is 7.43. The van der Waals surface area contributed by atoms with Crippen molar-refractivity contribution in [2.24, 2.45) is 5.41 Å². The Bertz CT molecular complexity index is 488. The Morgan fingerprint density at radius 2 is 1.84 bits per heavy atom. The number of hydrogen-bond donors (Lipinski definition) is 0. The van der Waals surface area contributed by atoms with Gasteiger partial charge in [-0.15, -0.1) is 0 Å². The van der Waals surface area contributed by atoms with Gasteiger partial charge in [-0.2, -0.15) is 5.10 Å². The van der Waals surface area contributed by atoms with Crippen molar-refractivity contribution in [2.45, 2.75) is 60.0 Å². The number of rotatable bonds is 0. The first-order valence-electron chi connectivity index (χ1n) is 6.96. The van der Waals surface area contributed by atoms with E-state index in [1.807, 2.05) is 31.9 Å². The van der Waals surface area contributed by atoms with Crippen LogP contribution in [0.15, 0.2) is 6.20 Å². The van der Waals surface area contributed by atoms with Crippen molar-refractivity contribution in [3.63, 3.8) is 0 Å². The van der Waals surface area contributed by atoms with Crippen molar-refractivity contribution < 1.29 is 4.79 Å². The first-order chi connectivity index (χ1) is 8.60. The Morgan fingerprint density at radius 1 is 1.21 bits per heavy atom. The molecule has 0 saturated heterocycles. The number of hydrogen-bond acceptors (Lipinski definition) is 2. The number of nitrogens with zero attached hydrogens (tertiary/aromatic N) is 3. The quantitative estimate of drug-likeness (QED) is 0.721. The summed E-state index contributed by atoms with van der Waals surface area (Å²) in [6.45, 7) is 13.9. The maximum Gasteiger partial charge on any atom is 0.228 e. The van der Waals surface area contributed by atoms with Gasteiger partial charge in [0, 0.05) is 36.2 Å². The third-order valence-corrected chi connectivity index (χ3v) is 3.50. The van der Waals surface area contributed by atoms with E-state index in [1.165, 1.54) is 11.3 Å². The molecule has 0 bridgehead atoms. The van der Waals surface area contributed by atoms with Crippen molar-refractivity contribution in [2.75, 3.05) is 6.54 Å². The fourth-order valence-corrected chi connectivity index (χ4v) is 2.56. The monoisotopic (exact) mass is 263 g/mol. The van der Waals surface area contributed by atoms with E-state index < -0.39 is 0 Å². The van der Waals surface area contributed by atoms with E-state index in [2.05, 4.69) is 30.6 Å². The van der Waals surface area contributed by atoms with E-state index in [4.69, 9.17) is 0 Å². The zero-order valence-corrected chi connectivity index (χ0v) is 12.9. The molecule has 4 nitrogen and oxygen atoms in total. The lowest BCUT2D eigenvalue weighted by molar-refractivity contribution is -0.140. The van der Waals surface area contributed by atoms with Crippen molar-refractivity contribution in [1.29, 1.82) is 0 Å². The lowest BCUT2D eigenvalue weighted by Crippen LogP contribution is -2.43. The van der Waals surface area contributed by atoms with Gasteiger partial charge in [-0.25, -0.2) is 0 Å². The highest BCUT2D eigenvalue weighted by Crippen LogP contribution is 2.27. The minimum Gasteiger partial charge on any atom is -0.337 e. The van der Waals surface area contributed by atoms with Crippen molar-refractivity contribution >= 4 is 5.91 Å². The minimum absolute atomic E-state index is 0.00376. The molecule has 0 unspecified atom stereocenters. The molecule has 0 aromatic carbocycles. The molecule has 1 amide bonds. The number of amides is 1. The van der Waals surface area contributed by atoms with Gasteiger partial charge in [-0.1, -0.05) is 20.8 Å². The van der Waals surface area contributed by atoms with Crippen LogP contribution in [0.4, 0.5) is 0 Å². The Kier molecular flexibility index (Phi) is 3.23. The van der Waals surface area contributed by atoms with E-state index >= 15 is 0 Å². The maximum absolute atomic E-state index is 12.3. The molecule has 0 spiro atoms. The average Bonchev–Trinajstić information content (AvgIpc) is 2.68. The molecule has 1 aromatic heterocycles. The third kappa shape index (κ3) is 2.67. The topological polar surface area (TPSA) is 38.1 Å². The number of aromatic nitrogens is 2. The minimum atomic E-state index is -0.308. The van der Waals surface area contributed by atoms with Gasteiger partial charge in [-0.3, -0.25) is 9.48 Å². The number of fused-ring (bicyclic) bond motifs is 1. The molecule has 0 aliphatic carbocycles. The molecule has 0 N–H and O–H groups in total. The molecule has 19 heavy (non-hydrogen) atoms. The van der Waals surface area contributed by atoms with Gasteiger partial charge < -0.3 is 4.90 Å². The molecular formula is C15H25N3O. The van der Waals surface area contributed by atoms with Gasteiger partial charge in [0.15, 0.2) is 0 Å². The van der Waals surface area contributed by atoms with Crippen LogP contribution in [0.2, 0.25) is 0 Å². The Hall–Kier alpha value is -1.32. The summed E-state index contributed by atoms with van der Waals surface area (Å²) in [5, 5.41) is 4.50. The van der Waals surface area contributed by atoms with Crippen LogP contribution in [-0.2, 0) is 23.3 Å². The van der Waals surface area contributed by atoms with E-state index in [9.17, 15) is 4.79 Å². The molecule has 1 aliphatic heterocycles. The second kappa shape index (κ2) is 4.36. The van der Waals surface area contributed by atoms with Crippen LogP contribution in [0.5, 0.6) is 0 Å². The molecular weight excluding hydrogens is 238 g/mol. The maximum atomic E-state index is 12.3. The summed E-state index contributed by atoms with van der Waals surface area (Å²) < 4.78 is 2.10. The van der Waals surface area contributed by atoms with Crippen LogP contribution in [0, 0.1) is 5.41 Å². The van der Waals surface area contributed by atoms with Gasteiger partial charge in [0.25, 0.3) is 0 Å². The first kappa shape index (κ1) is 14.1. The molecule has 2 heterocycles. The summed E-state index contributed by atoms with van der Waals surface area (Å²) in [7, 11) is 0. The molecule has 0 fully saturated rings. The van der Waals surface area contributed by atoms with Crippen LogP contribution >= 0.6 is 0 Å². The van der Waals surface area contributed by atoms with Crippen LogP contribution in [0.25, 0.3) is 0 Å². The fraction of sp³-hybridized carbons (Fsp3) is 0.733. The van der Waals surface area contributed by atoms with Gasteiger partial charge >= 0.3 is 0 Å². The molecule has 0 saturated carbocycles. The SMILES string of the molecule is CC(C)(C)C(=O)N1CCc2c(cnn2C(C)(C)C)C1. The Labute approximate surface area is 115 Å². The summed E-state index contributed by atoms with van der Waals surface area (Å²) in [4.78, 5) is 14.3. The molecule has 1 aliphatic rings. The highest BCUT2D eigenvalue weighted by Gasteiger charge is 2.32. The summed E-state index contributed by atoms with van der Waals surface area (Å²) in [5.74, 6) is 0.224. The van der Waals surface area contributed by atoms with Gasteiger partial charge in [0.1, 0.15) is 0 Å². The third-order valence-electron chi connectivity index (χ3n) is 3.50. The summed E-state index contributed by atoms with van der Waals surface area (Å²) >= 11 is 0. The second-order valence-corrected chi connectivity index (χ2v) is 7.43. The van der Waals surface area contributed by atoms with E-state index in [1.54, 1.807) is 0 Å². The summed E-state index contributed by atoms with van der Waals surface area (Å²) in [5.41, 5.74) is 2.17. The van der Waals surface area contributed by atoms with E-state index in [0.29, 0.717) is 6.54 Å². The molecule has 2 rings (SSSR count). The number of carbonyl (C=O) groups excluding carboxylic acids is 1. The molecule has 0 atom stereocenters.